The Bertz CT molecular complexity index is 311. The highest BCUT2D eigenvalue weighted by Gasteiger charge is 2.50. The Hall–Kier alpha value is -0.610. The van der Waals surface area contributed by atoms with Crippen molar-refractivity contribution >= 4 is 5.97 Å². The average molecular weight is 254 g/mol. The lowest BCUT2D eigenvalue weighted by atomic mass is 9.93. The quantitative estimate of drug-likeness (QED) is 0.698. The van der Waals surface area contributed by atoms with E-state index in [1.807, 2.05) is 0 Å². The first-order valence-electron chi connectivity index (χ1n) is 7.08. The molecular weight excluding hydrogens is 228 g/mol. The fourth-order valence-electron chi connectivity index (χ4n) is 2.57. The molecule has 104 valence electrons. The van der Waals surface area contributed by atoms with Crippen molar-refractivity contribution < 1.29 is 9.53 Å². The summed E-state index contributed by atoms with van der Waals surface area (Å²) in [4.78, 5) is 14.4. The maximum Gasteiger partial charge on any atom is 0.327 e. The smallest absolute Gasteiger partial charge is 0.327 e. The van der Waals surface area contributed by atoms with Crippen molar-refractivity contribution in [3.05, 3.63) is 0 Å². The summed E-state index contributed by atoms with van der Waals surface area (Å²) in [5.41, 5.74) is 5.58. The monoisotopic (exact) mass is 254 g/mol. The van der Waals surface area contributed by atoms with Crippen LogP contribution < -0.4 is 5.73 Å². The molecule has 0 aromatic rings. The minimum absolute atomic E-state index is 0.244. The van der Waals surface area contributed by atoms with Gasteiger partial charge in [-0.3, -0.25) is 9.69 Å². The third kappa shape index (κ3) is 3.04. The predicted octanol–water partition coefficient (Wildman–Crippen LogP) is 1.39. The summed E-state index contributed by atoms with van der Waals surface area (Å²) in [6.07, 6.45) is 4.76. The molecule has 0 heterocycles. The number of nitrogens with zero attached hydrogens (tertiary/aromatic N) is 1. The molecule has 0 aromatic carbocycles. The Morgan fingerprint density at radius 1 is 1.39 bits per heavy atom. The zero-order valence-corrected chi connectivity index (χ0v) is 11.8. The Kier molecular flexibility index (Phi) is 3.97. The highest BCUT2D eigenvalue weighted by Crippen LogP contribution is 2.40. The number of carbonyl (C=O) groups excluding carboxylic acids is 1. The van der Waals surface area contributed by atoms with Crippen LogP contribution in [-0.2, 0) is 9.53 Å². The van der Waals surface area contributed by atoms with E-state index in [1.165, 1.54) is 20.0 Å². The number of nitrogens with two attached hydrogens (primary N) is 1. The number of esters is 1. The minimum atomic E-state index is -0.798. The van der Waals surface area contributed by atoms with Gasteiger partial charge in [0.1, 0.15) is 5.54 Å². The number of hydrogen-bond acceptors (Lipinski definition) is 4. The van der Waals surface area contributed by atoms with Gasteiger partial charge in [0, 0.05) is 19.1 Å². The molecule has 0 aliphatic heterocycles. The largest absolute Gasteiger partial charge is 0.468 e. The van der Waals surface area contributed by atoms with Gasteiger partial charge in [-0.05, 0) is 51.4 Å². The molecule has 1 atom stereocenters. The maximum absolute atomic E-state index is 12.0. The number of carbonyl (C=O) groups is 1. The van der Waals surface area contributed by atoms with Gasteiger partial charge in [0.25, 0.3) is 0 Å². The fourth-order valence-corrected chi connectivity index (χ4v) is 2.57. The van der Waals surface area contributed by atoms with E-state index in [1.54, 1.807) is 0 Å². The summed E-state index contributed by atoms with van der Waals surface area (Å²) in [7, 11) is 1.44. The van der Waals surface area contributed by atoms with Gasteiger partial charge in [-0.25, -0.2) is 0 Å². The Morgan fingerprint density at radius 2 is 2.00 bits per heavy atom. The topological polar surface area (TPSA) is 55.6 Å². The van der Waals surface area contributed by atoms with Crippen LogP contribution in [0.4, 0.5) is 0 Å². The summed E-state index contributed by atoms with van der Waals surface area (Å²) < 4.78 is 4.93. The Morgan fingerprint density at radius 3 is 2.39 bits per heavy atom. The first kappa shape index (κ1) is 13.8. The van der Waals surface area contributed by atoms with E-state index in [0.29, 0.717) is 18.5 Å². The molecule has 2 rings (SSSR count). The van der Waals surface area contributed by atoms with Crippen LogP contribution in [0.15, 0.2) is 0 Å². The zero-order chi connectivity index (χ0) is 13.3. The third-order valence-corrected chi connectivity index (χ3v) is 4.26. The SMILES string of the molecule is COC(=O)C(N)(CN(CC1CC1)C(C)C)C1CC1. The lowest BCUT2D eigenvalue weighted by Gasteiger charge is -2.35. The van der Waals surface area contributed by atoms with Gasteiger partial charge in [-0.15, -0.1) is 0 Å². The van der Waals surface area contributed by atoms with Crippen LogP contribution in [0.5, 0.6) is 0 Å². The molecule has 2 aliphatic carbocycles. The van der Waals surface area contributed by atoms with Gasteiger partial charge < -0.3 is 10.5 Å². The van der Waals surface area contributed by atoms with E-state index in [9.17, 15) is 4.79 Å². The van der Waals surface area contributed by atoms with E-state index in [0.717, 1.165) is 25.3 Å². The first-order chi connectivity index (χ1) is 8.47. The summed E-state index contributed by atoms with van der Waals surface area (Å²) in [5, 5.41) is 0. The van der Waals surface area contributed by atoms with Crippen LogP contribution in [0.3, 0.4) is 0 Å². The van der Waals surface area contributed by atoms with Crippen LogP contribution in [0.1, 0.15) is 39.5 Å². The number of ether oxygens (including phenoxy) is 1. The lowest BCUT2D eigenvalue weighted by molar-refractivity contribution is -0.149. The number of hydrogen-bond donors (Lipinski definition) is 1. The summed E-state index contributed by atoms with van der Waals surface area (Å²) in [6.45, 7) is 6.05. The van der Waals surface area contributed by atoms with Gasteiger partial charge in [0.15, 0.2) is 0 Å². The highest BCUT2D eigenvalue weighted by atomic mass is 16.5. The fraction of sp³-hybridized carbons (Fsp3) is 0.929. The van der Waals surface area contributed by atoms with E-state index in [-0.39, 0.29) is 5.97 Å². The normalized spacial score (nSPS) is 23.2. The van der Waals surface area contributed by atoms with Crippen molar-refractivity contribution in [2.75, 3.05) is 20.2 Å². The molecule has 0 spiro atoms. The van der Waals surface area contributed by atoms with Crippen molar-refractivity contribution in [1.29, 1.82) is 0 Å². The van der Waals surface area contributed by atoms with Crippen molar-refractivity contribution in [2.24, 2.45) is 17.6 Å². The minimum Gasteiger partial charge on any atom is -0.468 e. The van der Waals surface area contributed by atoms with Crippen molar-refractivity contribution in [3.63, 3.8) is 0 Å². The first-order valence-corrected chi connectivity index (χ1v) is 7.08. The molecule has 18 heavy (non-hydrogen) atoms. The molecule has 0 aromatic heterocycles. The Labute approximate surface area is 110 Å². The molecule has 2 N–H and O–H groups in total. The molecule has 2 saturated carbocycles. The van der Waals surface area contributed by atoms with Crippen molar-refractivity contribution in [2.45, 2.75) is 51.1 Å². The van der Waals surface area contributed by atoms with Crippen LogP contribution in [0.2, 0.25) is 0 Å². The molecule has 2 aliphatic rings. The second-order valence-electron chi connectivity index (χ2n) is 6.27. The third-order valence-electron chi connectivity index (χ3n) is 4.26. The van der Waals surface area contributed by atoms with Gasteiger partial charge in [0.05, 0.1) is 7.11 Å². The van der Waals surface area contributed by atoms with Crippen molar-refractivity contribution in [1.82, 2.24) is 4.90 Å². The second-order valence-corrected chi connectivity index (χ2v) is 6.27. The molecule has 0 bridgehead atoms. The molecule has 0 amide bonds. The van der Waals surface area contributed by atoms with E-state index < -0.39 is 5.54 Å². The predicted molar refractivity (Wildman–Crippen MR) is 71.1 cm³/mol. The molecule has 4 nitrogen and oxygen atoms in total. The summed E-state index contributed by atoms with van der Waals surface area (Å²) in [6, 6.07) is 0.428. The van der Waals surface area contributed by atoms with Crippen LogP contribution in [-0.4, -0.2) is 42.6 Å². The van der Waals surface area contributed by atoms with E-state index in [2.05, 4.69) is 18.7 Å². The summed E-state index contributed by atoms with van der Waals surface area (Å²) in [5.74, 6) is 0.880. The molecular formula is C14H26N2O2. The number of methoxy groups -OCH3 is 1. The number of rotatable bonds is 7. The summed E-state index contributed by atoms with van der Waals surface area (Å²) >= 11 is 0. The van der Waals surface area contributed by atoms with Crippen LogP contribution in [0.25, 0.3) is 0 Å². The van der Waals surface area contributed by atoms with Crippen LogP contribution in [0, 0.1) is 11.8 Å². The molecule has 0 radical (unpaired) electrons. The Balaban J connectivity index is 2.02. The van der Waals surface area contributed by atoms with Gasteiger partial charge >= 0.3 is 5.97 Å². The zero-order valence-electron chi connectivity index (χ0n) is 11.8. The van der Waals surface area contributed by atoms with E-state index >= 15 is 0 Å². The second kappa shape index (κ2) is 5.17. The van der Waals surface area contributed by atoms with E-state index in [4.69, 9.17) is 10.5 Å². The van der Waals surface area contributed by atoms with Gasteiger partial charge in [-0.2, -0.15) is 0 Å². The molecule has 2 fully saturated rings. The molecule has 1 unspecified atom stereocenters. The lowest BCUT2D eigenvalue weighted by Crippen LogP contribution is -2.59. The standard InChI is InChI=1S/C14H26N2O2/c1-10(2)16(8-11-4-5-11)9-14(15,12-6-7-12)13(17)18-3/h10-12H,4-9,15H2,1-3H3. The van der Waals surface area contributed by atoms with Crippen molar-refractivity contribution in [3.8, 4) is 0 Å². The van der Waals surface area contributed by atoms with Gasteiger partial charge in [-0.1, -0.05) is 0 Å². The maximum atomic E-state index is 12.0. The molecule has 4 heteroatoms. The van der Waals surface area contributed by atoms with Crippen LogP contribution >= 0.6 is 0 Å². The highest BCUT2D eigenvalue weighted by molar-refractivity contribution is 5.81. The molecule has 0 saturated heterocycles. The average Bonchev–Trinajstić information content (AvgIpc) is 3.15. The van der Waals surface area contributed by atoms with Gasteiger partial charge in [0.2, 0.25) is 0 Å².